The van der Waals surface area contributed by atoms with Gasteiger partial charge in [-0.1, -0.05) is 54.1 Å². The molecule has 1 fully saturated rings. The van der Waals surface area contributed by atoms with Gasteiger partial charge in [-0.25, -0.2) is 9.59 Å². The van der Waals surface area contributed by atoms with E-state index < -0.39 is 24.5 Å². The quantitative estimate of drug-likeness (QED) is 0.597. The molecule has 9 heteroatoms. The van der Waals surface area contributed by atoms with E-state index in [1.54, 1.807) is 35.1 Å². The molecule has 0 aliphatic carbocycles. The molecule has 3 amide bonds. The van der Waals surface area contributed by atoms with Gasteiger partial charge in [0, 0.05) is 29.9 Å². The van der Waals surface area contributed by atoms with Crippen molar-refractivity contribution in [3.05, 3.63) is 76.9 Å². The highest BCUT2D eigenvalue weighted by atomic mass is 35.5. The molecule has 0 atom stereocenters. The van der Waals surface area contributed by atoms with Gasteiger partial charge in [-0.15, -0.1) is 0 Å². The summed E-state index contributed by atoms with van der Waals surface area (Å²) in [7, 11) is 0. The van der Waals surface area contributed by atoms with E-state index in [4.69, 9.17) is 16.3 Å². The van der Waals surface area contributed by atoms with Gasteiger partial charge in [0.1, 0.15) is 11.3 Å². The van der Waals surface area contributed by atoms with Crippen LogP contribution < -0.4 is 5.32 Å². The van der Waals surface area contributed by atoms with Gasteiger partial charge in [0.2, 0.25) is 0 Å². The minimum Gasteiger partial charge on any atom is -0.452 e. The minimum absolute atomic E-state index is 0.219. The fraction of sp³-hybridized carbons (Fsp3) is 0.182. The predicted octanol–water partition coefficient (Wildman–Crippen LogP) is 2.96. The number of esters is 1. The van der Waals surface area contributed by atoms with Crippen molar-refractivity contribution in [2.24, 2.45) is 0 Å². The third-order valence-electron chi connectivity index (χ3n) is 4.77. The monoisotopic (exact) mass is 438 g/mol. The van der Waals surface area contributed by atoms with E-state index in [-0.39, 0.29) is 12.1 Å². The van der Waals surface area contributed by atoms with Gasteiger partial charge < -0.3 is 10.1 Å². The number of carbonyl (C=O) groups is 3. The minimum atomic E-state index is -0.697. The fourth-order valence-electron chi connectivity index (χ4n) is 3.24. The summed E-state index contributed by atoms with van der Waals surface area (Å²) in [4.78, 5) is 37.6. The molecule has 0 spiro atoms. The summed E-state index contributed by atoms with van der Waals surface area (Å²) in [5.41, 5.74) is 2.34. The Labute approximate surface area is 183 Å². The number of carbonyl (C=O) groups excluding carboxylic acids is 3. The first-order chi connectivity index (χ1) is 15.0. The summed E-state index contributed by atoms with van der Waals surface area (Å²) in [6, 6.07) is 16.1. The van der Waals surface area contributed by atoms with Crippen LogP contribution >= 0.6 is 11.6 Å². The first kappa shape index (κ1) is 20.6. The number of nitrogens with zero attached hydrogens (tertiary/aromatic N) is 3. The molecular formula is C22H19ClN4O4. The molecular weight excluding hydrogens is 420 g/mol. The molecule has 1 N–H and O–H groups in total. The number of hydrogen-bond acceptors (Lipinski definition) is 5. The lowest BCUT2D eigenvalue weighted by Gasteiger charge is -2.12. The predicted molar refractivity (Wildman–Crippen MR) is 114 cm³/mol. The van der Waals surface area contributed by atoms with Crippen LogP contribution in [0.5, 0.6) is 0 Å². The van der Waals surface area contributed by atoms with Crippen LogP contribution in [0.1, 0.15) is 15.9 Å². The van der Waals surface area contributed by atoms with Gasteiger partial charge in [0.25, 0.3) is 5.91 Å². The van der Waals surface area contributed by atoms with E-state index in [1.165, 1.54) is 0 Å². The van der Waals surface area contributed by atoms with Gasteiger partial charge in [-0.2, -0.15) is 5.10 Å². The van der Waals surface area contributed by atoms with Crippen LogP contribution in [-0.2, 0) is 16.1 Å². The first-order valence-corrected chi connectivity index (χ1v) is 10.0. The van der Waals surface area contributed by atoms with Crippen LogP contribution in [-0.4, -0.2) is 52.3 Å². The molecule has 2 aromatic carbocycles. The Morgan fingerprint density at radius 3 is 2.52 bits per heavy atom. The van der Waals surface area contributed by atoms with Crippen LogP contribution in [0.15, 0.2) is 60.8 Å². The molecule has 3 aromatic rings. The van der Waals surface area contributed by atoms with Crippen molar-refractivity contribution in [2.45, 2.75) is 6.54 Å². The smallest absolute Gasteiger partial charge is 0.342 e. The van der Waals surface area contributed by atoms with Crippen LogP contribution in [0.4, 0.5) is 4.79 Å². The zero-order chi connectivity index (χ0) is 21.8. The summed E-state index contributed by atoms with van der Waals surface area (Å²) in [5, 5.41) is 7.65. The second-order valence-corrected chi connectivity index (χ2v) is 7.37. The molecule has 4 rings (SSSR count). The normalized spacial score (nSPS) is 13.2. The van der Waals surface area contributed by atoms with Crippen molar-refractivity contribution in [1.29, 1.82) is 0 Å². The Kier molecular flexibility index (Phi) is 5.99. The number of imide groups is 1. The summed E-state index contributed by atoms with van der Waals surface area (Å²) >= 11 is 5.98. The zero-order valence-electron chi connectivity index (χ0n) is 16.5. The number of amides is 3. The van der Waals surface area contributed by atoms with E-state index in [0.29, 0.717) is 29.4 Å². The van der Waals surface area contributed by atoms with Crippen molar-refractivity contribution in [3.8, 4) is 11.3 Å². The largest absolute Gasteiger partial charge is 0.452 e. The second kappa shape index (κ2) is 9.01. The van der Waals surface area contributed by atoms with Crippen LogP contribution in [0, 0.1) is 0 Å². The molecule has 0 radical (unpaired) electrons. The molecule has 1 aromatic heterocycles. The summed E-state index contributed by atoms with van der Waals surface area (Å²) < 4.78 is 6.85. The van der Waals surface area contributed by atoms with Gasteiger partial charge in [-0.05, 0) is 17.7 Å². The molecule has 1 saturated heterocycles. The highest BCUT2D eigenvalue weighted by Gasteiger charge is 2.28. The van der Waals surface area contributed by atoms with E-state index in [0.717, 1.165) is 10.5 Å². The third kappa shape index (κ3) is 4.75. The zero-order valence-corrected chi connectivity index (χ0v) is 17.2. The van der Waals surface area contributed by atoms with E-state index in [1.807, 2.05) is 30.3 Å². The lowest BCUT2D eigenvalue weighted by atomic mass is 10.1. The van der Waals surface area contributed by atoms with Gasteiger partial charge in [0.15, 0.2) is 6.61 Å². The van der Waals surface area contributed by atoms with Gasteiger partial charge in [0.05, 0.1) is 6.54 Å². The first-order valence-electron chi connectivity index (χ1n) is 9.64. The molecule has 1 aliphatic heterocycles. The van der Waals surface area contributed by atoms with Crippen molar-refractivity contribution >= 4 is 29.5 Å². The third-order valence-corrected chi connectivity index (χ3v) is 5.02. The highest BCUT2D eigenvalue weighted by Crippen LogP contribution is 2.25. The van der Waals surface area contributed by atoms with Crippen molar-refractivity contribution in [2.75, 3.05) is 19.7 Å². The Morgan fingerprint density at radius 2 is 1.84 bits per heavy atom. The topological polar surface area (TPSA) is 93.5 Å². The Hall–Kier alpha value is -3.65. The molecule has 2 heterocycles. The molecule has 31 heavy (non-hydrogen) atoms. The van der Waals surface area contributed by atoms with Gasteiger partial charge in [-0.3, -0.25) is 14.4 Å². The number of halogens is 1. The number of nitrogens with one attached hydrogen (secondary N) is 1. The van der Waals surface area contributed by atoms with Crippen molar-refractivity contribution in [3.63, 3.8) is 0 Å². The Morgan fingerprint density at radius 1 is 1.10 bits per heavy atom. The SMILES string of the molecule is O=C(OCC(=O)N1CCNC1=O)c1cn(Cc2ccccc2)nc1-c1ccc(Cl)cc1. The average Bonchev–Trinajstić information content (AvgIpc) is 3.39. The molecule has 0 unspecified atom stereocenters. The van der Waals surface area contributed by atoms with Crippen molar-refractivity contribution < 1.29 is 19.1 Å². The van der Waals surface area contributed by atoms with Crippen LogP contribution in [0.25, 0.3) is 11.3 Å². The molecule has 0 bridgehead atoms. The molecule has 1 aliphatic rings. The molecule has 158 valence electrons. The molecule has 0 saturated carbocycles. The van der Waals surface area contributed by atoms with Crippen LogP contribution in [0.2, 0.25) is 5.02 Å². The average molecular weight is 439 g/mol. The maximum absolute atomic E-state index is 12.8. The molecule has 8 nitrogen and oxygen atoms in total. The number of aromatic nitrogens is 2. The lowest BCUT2D eigenvalue weighted by molar-refractivity contribution is -0.130. The number of urea groups is 1. The van der Waals surface area contributed by atoms with E-state index in [9.17, 15) is 14.4 Å². The summed E-state index contributed by atoms with van der Waals surface area (Å²) in [6.45, 7) is 0.559. The summed E-state index contributed by atoms with van der Waals surface area (Å²) in [5.74, 6) is -1.27. The van der Waals surface area contributed by atoms with Crippen LogP contribution in [0.3, 0.4) is 0 Å². The van der Waals surface area contributed by atoms with E-state index >= 15 is 0 Å². The Balaban J connectivity index is 1.56. The fourth-order valence-corrected chi connectivity index (χ4v) is 3.36. The number of benzene rings is 2. The van der Waals surface area contributed by atoms with Crippen molar-refractivity contribution in [1.82, 2.24) is 20.0 Å². The van der Waals surface area contributed by atoms with Gasteiger partial charge >= 0.3 is 12.0 Å². The van der Waals surface area contributed by atoms with E-state index in [2.05, 4.69) is 10.4 Å². The lowest BCUT2D eigenvalue weighted by Crippen LogP contribution is -2.37. The standard InChI is InChI=1S/C22H19ClN4O4/c23-17-8-6-16(7-9-17)20-18(13-26(25-20)12-15-4-2-1-3-5-15)21(29)31-14-19(28)27-11-10-24-22(27)30/h1-9,13H,10-12,14H2,(H,24,30). The Bertz CT molecular complexity index is 1110. The maximum Gasteiger partial charge on any atom is 0.342 e. The second-order valence-electron chi connectivity index (χ2n) is 6.93. The number of rotatable bonds is 6. The summed E-state index contributed by atoms with van der Waals surface area (Å²) in [6.07, 6.45) is 1.59. The maximum atomic E-state index is 12.8. The number of ether oxygens (including phenoxy) is 1. The highest BCUT2D eigenvalue weighted by molar-refractivity contribution is 6.30. The number of hydrogen-bond donors (Lipinski definition) is 1.